The van der Waals surface area contributed by atoms with Gasteiger partial charge in [-0.1, -0.05) is 30.3 Å². The summed E-state index contributed by atoms with van der Waals surface area (Å²) in [5.41, 5.74) is 2.08. The summed E-state index contributed by atoms with van der Waals surface area (Å²) in [6.45, 7) is 1.33. The molecule has 3 rings (SSSR count). The maximum atomic E-state index is 5.34. The van der Waals surface area contributed by atoms with Crippen LogP contribution in [0.5, 0.6) is 11.5 Å². The summed E-state index contributed by atoms with van der Waals surface area (Å²) in [6.07, 6.45) is 3.79. The number of halogens is 1. The first kappa shape index (κ1) is 22.5. The number of imidazole rings is 1. The van der Waals surface area contributed by atoms with Gasteiger partial charge in [-0.05, 0) is 17.7 Å². The Morgan fingerprint density at radius 1 is 1.07 bits per heavy atom. The lowest BCUT2D eigenvalue weighted by atomic mass is 10.2. The van der Waals surface area contributed by atoms with E-state index in [0.717, 1.165) is 18.1 Å². The average molecular weight is 507 g/mol. The minimum absolute atomic E-state index is 0. The SMILES string of the molecule is CN=C(NCc1nccn1Cc1ccccc1)Nc1ccc(OC)c(OC)c1.I. The fourth-order valence-electron chi connectivity index (χ4n) is 2.82. The van der Waals surface area contributed by atoms with Crippen LogP contribution in [0.25, 0.3) is 0 Å². The molecule has 0 fully saturated rings. The Bertz CT molecular complexity index is 928. The standard InChI is InChI=1S/C21H25N5O2.HI/c1-22-21(25-17-9-10-18(27-2)19(13-17)28-3)24-14-20-23-11-12-26(20)15-16-7-5-4-6-8-16;/h4-13H,14-15H2,1-3H3,(H2,22,24,25);1H. The second-order valence-corrected chi connectivity index (χ2v) is 6.08. The lowest BCUT2D eigenvalue weighted by Crippen LogP contribution is -2.31. The molecule has 0 unspecified atom stereocenters. The van der Waals surface area contributed by atoms with Crippen LogP contribution in [0.15, 0.2) is 65.9 Å². The highest BCUT2D eigenvalue weighted by molar-refractivity contribution is 14.0. The second-order valence-electron chi connectivity index (χ2n) is 6.08. The molecule has 8 heteroatoms. The third-order valence-electron chi connectivity index (χ3n) is 4.28. The molecule has 0 saturated heterocycles. The van der Waals surface area contributed by atoms with Crippen molar-refractivity contribution in [3.63, 3.8) is 0 Å². The van der Waals surface area contributed by atoms with Crippen molar-refractivity contribution in [3.05, 3.63) is 72.3 Å². The predicted octanol–water partition coefficient (Wildman–Crippen LogP) is 3.75. The third-order valence-corrected chi connectivity index (χ3v) is 4.28. The number of hydrogen-bond donors (Lipinski definition) is 2. The van der Waals surface area contributed by atoms with E-state index in [2.05, 4.69) is 37.3 Å². The smallest absolute Gasteiger partial charge is 0.195 e. The summed E-state index contributed by atoms with van der Waals surface area (Å²) in [7, 11) is 4.96. The molecule has 3 aromatic rings. The Balaban J connectivity index is 0.00000300. The number of nitrogens with one attached hydrogen (secondary N) is 2. The summed E-state index contributed by atoms with van der Waals surface area (Å²) in [5.74, 6) is 2.90. The Morgan fingerprint density at radius 2 is 1.83 bits per heavy atom. The lowest BCUT2D eigenvalue weighted by Gasteiger charge is -2.14. The summed E-state index contributed by atoms with van der Waals surface area (Å²) < 4.78 is 12.7. The highest BCUT2D eigenvalue weighted by Gasteiger charge is 2.08. The monoisotopic (exact) mass is 507 g/mol. The molecule has 0 atom stereocenters. The second kappa shape index (κ2) is 11.3. The Labute approximate surface area is 188 Å². The van der Waals surface area contributed by atoms with Gasteiger partial charge in [0, 0.05) is 37.7 Å². The van der Waals surface area contributed by atoms with Gasteiger partial charge in [0.05, 0.1) is 20.8 Å². The van der Waals surface area contributed by atoms with Crippen molar-refractivity contribution < 1.29 is 9.47 Å². The minimum atomic E-state index is 0. The van der Waals surface area contributed by atoms with E-state index in [1.807, 2.05) is 48.8 Å². The predicted molar refractivity (Wildman–Crippen MR) is 127 cm³/mol. The van der Waals surface area contributed by atoms with Gasteiger partial charge in [0.25, 0.3) is 0 Å². The molecule has 1 heterocycles. The molecule has 0 amide bonds. The van der Waals surface area contributed by atoms with Crippen LogP contribution in [0.3, 0.4) is 0 Å². The van der Waals surface area contributed by atoms with Crippen molar-refractivity contribution >= 4 is 35.6 Å². The minimum Gasteiger partial charge on any atom is -0.493 e. The molecule has 0 aliphatic heterocycles. The normalized spacial score (nSPS) is 10.8. The summed E-state index contributed by atoms with van der Waals surface area (Å²) in [4.78, 5) is 8.74. The molecular formula is C21H26IN5O2. The number of ether oxygens (including phenoxy) is 2. The molecule has 154 valence electrons. The molecule has 2 N–H and O–H groups in total. The van der Waals surface area contributed by atoms with Gasteiger partial charge >= 0.3 is 0 Å². The first-order valence-electron chi connectivity index (χ1n) is 8.97. The average Bonchev–Trinajstić information content (AvgIpc) is 3.18. The number of methoxy groups -OCH3 is 2. The van der Waals surface area contributed by atoms with E-state index in [-0.39, 0.29) is 24.0 Å². The van der Waals surface area contributed by atoms with E-state index in [9.17, 15) is 0 Å². The zero-order chi connectivity index (χ0) is 19.8. The molecule has 0 radical (unpaired) electrons. The molecule has 0 aliphatic carbocycles. The van der Waals surface area contributed by atoms with Gasteiger partial charge in [-0.15, -0.1) is 24.0 Å². The molecule has 7 nitrogen and oxygen atoms in total. The molecule has 0 saturated carbocycles. The number of benzene rings is 2. The van der Waals surface area contributed by atoms with E-state index >= 15 is 0 Å². The van der Waals surface area contributed by atoms with Gasteiger partial charge in [0.1, 0.15) is 5.82 Å². The van der Waals surface area contributed by atoms with Crippen molar-refractivity contribution in [2.75, 3.05) is 26.6 Å². The van der Waals surface area contributed by atoms with E-state index in [4.69, 9.17) is 9.47 Å². The number of rotatable bonds is 7. The number of hydrogen-bond acceptors (Lipinski definition) is 4. The largest absolute Gasteiger partial charge is 0.493 e. The quantitative estimate of drug-likeness (QED) is 0.290. The Hall–Kier alpha value is -2.75. The van der Waals surface area contributed by atoms with Gasteiger partial charge in [0.2, 0.25) is 0 Å². The third kappa shape index (κ3) is 6.11. The summed E-state index contributed by atoms with van der Waals surface area (Å²) in [5, 5.41) is 6.55. The molecule has 1 aromatic heterocycles. The van der Waals surface area contributed by atoms with E-state index < -0.39 is 0 Å². The number of nitrogens with zero attached hydrogens (tertiary/aromatic N) is 3. The highest BCUT2D eigenvalue weighted by Crippen LogP contribution is 2.29. The van der Waals surface area contributed by atoms with E-state index in [0.29, 0.717) is 24.0 Å². The van der Waals surface area contributed by atoms with Gasteiger partial charge in [-0.3, -0.25) is 4.99 Å². The molecular weight excluding hydrogens is 481 g/mol. The maximum absolute atomic E-state index is 5.34. The summed E-state index contributed by atoms with van der Waals surface area (Å²) >= 11 is 0. The molecule has 0 aliphatic rings. The zero-order valence-corrected chi connectivity index (χ0v) is 19.1. The fraction of sp³-hybridized carbons (Fsp3) is 0.238. The molecule has 0 bridgehead atoms. The van der Waals surface area contributed by atoms with Crippen LogP contribution in [0.1, 0.15) is 11.4 Å². The van der Waals surface area contributed by atoms with Crippen molar-refractivity contribution in [2.45, 2.75) is 13.1 Å². The van der Waals surface area contributed by atoms with Crippen LogP contribution in [-0.4, -0.2) is 36.8 Å². The van der Waals surface area contributed by atoms with Crippen molar-refractivity contribution in [2.24, 2.45) is 4.99 Å². The first-order valence-corrected chi connectivity index (χ1v) is 8.97. The fourth-order valence-corrected chi connectivity index (χ4v) is 2.82. The van der Waals surface area contributed by atoms with Crippen LogP contribution in [0.2, 0.25) is 0 Å². The molecule has 0 spiro atoms. The Kier molecular flexibility index (Phi) is 8.78. The molecule has 29 heavy (non-hydrogen) atoms. The number of aromatic nitrogens is 2. The van der Waals surface area contributed by atoms with E-state index in [1.54, 1.807) is 21.3 Å². The topological polar surface area (TPSA) is 72.7 Å². The van der Waals surface area contributed by atoms with Crippen LogP contribution >= 0.6 is 24.0 Å². The van der Waals surface area contributed by atoms with Crippen LogP contribution in [-0.2, 0) is 13.1 Å². The van der Waals surface area contributed by atoms with Gasteiger partial charge in [-0.2, -0.15) is 0 Å². The van der Waals surface area contributed by atoms with Crippen LogP contribution in [0.4, 0.5) is 5.69 Å². The summed E-state index contributed by atoms with van der Waals surface area (Å²) in [6, 6.07) is 15.9. The number of aliphatic imine (C=N–C) groups is 1. The first-order chi connectivity index (χ1) is 13.7. The number of guanidine groups is 1. The van der Waals surface area contributed by atoms with Crippen LogP contribution < -0.4 is 20.1 Å². The Morgan fingerprint density at radius 3 is 2.52 bits per heavy atom. The zero-order valence-electron chi connectivity index (χ0n) is 16.8. The van der Waals surface area contributed by atoms with Gasteiger partial charge < -0.3 is 24.7 Å². The van der Waals surface area contributed by atoms with Crippen molar-refractivity contribution in [1.82, 2.24) is 14.9 Å². The molecule has 2 aromatic carbocycles. The van der Waals surface area contributed by atoms with Crippen molar-refractivity contribution in [3.8, 4) is 11.5 Å². The maximum Gasteiger partial charge on any atom is 0.195 e. The number of anilines is 1. The highest BCUT2D eigenvalue weighted by atomic mass is 127. The van der Waals surface area contributed by atoms with Crippen molar-refractivity contribution in [1.29, 1.82) is 0 Å². The van der Waals surface area contributed by atoms with Gasteiger partial charge in [0.15, 0.2) is 17.5 Å². The van der Waals surface area contributed by atoms with Gasteiger partial charge in [-0.25, -0.2) is 4.98 Å². The van der Waals surface area contributed by atoms with E-state index in [1.165, 1.54) is 5.56 Å². The van der Waals surface area contributed by atoms with Crippen LogP contribution in [0, 0.1) is 0 Å². The lowest BCUT2D eigenvalue weighted by molar-refractivity contribution is 0.355.